The van der Waals surface area contributed by atoms with Crippen molar-refractivity contribution in [2.24, 2.45) is 0 Å². The first-order valence-corrected chi connectivity index (χ1v) is 8.96. The number of aliphatic carboxylic acids is 1. The van der Waals surface area contributed by atoms with Gasteiger partial charge in [0.2, 0.25) is 10.0 Å². The van der Waals surface area contributed by atoms with E-state index in [1.807, 2.05) is 0 Å². The third-order valence-corrected chi connectivity index (χ3v) is 5.10. The van der Waals surface area contributed by atoms with Crippen LogP contribution in [0.4, 0.5) is 4.39 Å². The molecule has 0 bridgehead atoms. The summed E-state index contributed by atoms with van der Waals surface area (Å²) in [6, 6.07) is 8.06. The summed E-state index contributed by atoms with van der Waals surface area (Å²) in [5, 5.41) is 9.10. The summed E-state index contributed by atoms with van der Waals surface area (Å²) in [6.07, 6.45) is -0.517. The van der Waals surface area contributed by atoms with E-state index in [-0.39, 0.29) is 10.6 Å². The lowest BCUT2D eigenvalue weighted by molar-refractivity contribution is -0.137. The van der Waals surface area contributed by atoms with Crippen LogP contribution < -0.4 is 14.2 Å². The lowest BCUT2D eigenvalue weighted by Crippen LogP contribution is -2.30. The number of carbonyl (C=O) groups is 1. The fraction of sp³-hybridized carbons (Fsp3) is 0.235. The molecule has 0 aliphatic rings. The molecule has 0 aliphatic carbocycles. The minimum absolute atomic E-state index is 0.0754. The molecule has 0 spiro atoms. The molecule has 2 N–H and O–H groups in total. The van der Waals surface area contributed by atoms with E-state index < -0.39 is 34.3 Å². The summed E-state index contributed by atoms with van der Waals surface area (Å²) >= 11 is 0. The van der Waals surface area contributed by atoms with Gasteiger partial charge in [-0.1, -0.05) is 12.1 Å². The van der Waals surface area contributed by atoms with Crippen molar-refractivity contribution in [1.82, 2.24) is 4.72 Å². The van der Waals surface area contributed by atoms with Crippen LogP contribution in [-0.4, -0.2) is 33.7 Å². The van der Waals surface area contributed by atoms with Crippen LogP contribution in [0.5, 0.6) is 11.5 Å². The minimum atomic E-state index is -4.15. The van der Waals surface area contributed by atoms with E-state index in [4.69, 9.17) is 14.6 Å². The molecule has 9 heteroatoms. The molecule has 0 saturated heterocycles. The van der Waals surface area contributed by atoms with Gasteiger partial charge >= 0.3 is 5.97 Å². The Morgan fingerprint density at radius 1 is 1.15 bits per heavy atom. The zero-order chi connectivity index (χ0) is 19.3. The number of hydrogen-bond acceptors (Lipinski definition) is 5. The van der Waals surface area contributed by atoms with Crippen LogP contribution in [0.1, 0.15) is 18.0 Å². The Bertz CT molecular complexity index is 883. The molecule has 2 aromatic carbocycles. The molecule has 0 amide bonds. The smallest absolute Gasteiger partial charge is 0.305 e. The molecule has 2 aromatic rings. The van der Waals surface area contributed by atoms with Gasteiger partial charge in [0.25, 0.3) is 0 Å². The SMILES string of the molecule is COc1ccc(OC)c(S(=O)(=O)NC(CC(=O)O)c2ccc(F)cc2)c1. The highest BCUT2D eigenvalue weighted by Gasteiger charge is 2.26. The van der Waals surface area contributed by atoms with E-state index in [0.717, 1.165) is 12.1 Å². The molecule has 0 aliphatic heterocycles. The third kappa shape index (κ3) is 4.70. The van der Waals surface area contributed by atoms with E-state index >= 15 is 0 Å². The molecule has 0 aromatic heterocycles. The van der Waals surface area contributed by atoms with Gasteiger partial charge in [-0.05, 0) is 29.8 Å². The molecule has 0 saturated carbocycles. The fourth-order valence-electron chi connectivity index (χ4n) is 2.34. The maximum atomic E-state index is 13.1. The van der Waals surface area contributed by atoms with Gasteiger partial charge in [0.1, 0.15) is 22.2 Å². The average Bonchev–Trinajstić information content (AvgIpc) is 2.60. The predicted molar refractivity (Wildman–Crippen MR) is 91.3 cm³/mol. The number of benzene rings is 2. The van der Waals surface area contributed by atoms with Crippen LogP contribution in [0, 0.1) is 5.82 Å². The second-order valence-electron chi connectivity index (χ2n) is 5.34. The Hall–Kier alpha value is -2.65. The Morgan fingerprint density at radius 2 is 1.81 bits per heavy atom. The number of sulfonamides is 1. The van der Waals surface area contributed by atoms with Crippen LogP contribution in [0.15, 0.2) is 47.4 Å². The van der Waals surface area contributed by atoms with Crippen molar-refractivity contribution in [3.05, 3.63) is 53.8 Å². The molecule has 0 heterocycles. The van der Waals surface area contributed by atoms with Crippen LogP contribution in [-0.2, 0) is 14.8 Å². The summed E-state index contributed by atoms with van der Waals surface area (Å²) in [6.45, 7) is 0. The van der Waals surface area contributed by atoms with Crippen LogP contribution in [0.2, 0.25) is 0 Å². The Balaban J connectivity index is 2.43. The fourth-order valence-corrected chi connectivity index (χ4v) is 3.75. The van der Waals surface area contributed by atoms with Crippen molar-refractivity contribution >= 4 is 16.0 Å². The molecule has 0 radical (unpaired) electrons. The van der Waals surface area contributed by atoms with Gasteiger partial charge in [-0.25, -0.2) is 17.5 Å². The standard InChI is InChI=1S/C17H18FNO6S/c1-24-13-7-8-15(25-2)16(9-13)26(22,23)19-14(10-17(20)21)11-3-5-12(18)6-4-11/h3-9,14,19H,10H2,1-2H3,(H,20,21). The van der Waals surface area contributed by atoms with Crippen LogP contribution in [0.25, 0.3) is 0 Å². The number of nitrogens with one attached hydrogen (secondary N) is 1. The summed E-state index contributed by atoms with van der Waals surface area (Å²) in [4.78, 5) is 10.9. The average molecular weight is 383 g/mol. The first kappa shape index (κ1) is 19.7. The number of rotatable bonds is 8. The van der Waals surface area contributed by atoms with E-state index in [2.05, 4.69) is 4.72 Å². The van der Waals surface area contributed by atoms with Gasteiger partial charge in [-0.15, -0.1) is 0 Å². The molecule has 140 valence electrons. The molecular formula is C17H18FNO6S. The highest BCUT2D eigenvalue weighted by atomic mass is 32.2. The van der Waals surface area contributed by atoms with E-state index in [1.165, 1.54) is 44.6 Å². The summed E-state index contributed by atoms with van der Waals surface area (Å²) < 4.78 is 51.2. The topological polar surface area (TPSA) is 102 Å². The molecule has 1 atom stereocenters. The number of halogens is 1. The van der Waals surface area contributed by atoms with Gasteiger partial charge in [0.05, 0.1) is 26.7 Å². The molecule has 0 fully saturated rings. The van der Waals surface area contributed by atoms with Gasteiger partial charge in [0, 0.05) is 6.07 Å². The molecule has 1 unspecified atom stereocenters. The van der Waals surface area contributed by atoms with E-state index in [9.17, 15) is 17.6 Å². The Kier molecular flexibility index (Phi) is 6.17. The van der Waals surface area contributed by atoms with Gasteiger partial charge in [-0.2, -0.15) is 0 Å². The van der Waals surface area contributed by atoms with Crippen molar-refractivity contribution in [2.75, 3.05) is 14.2 Å². The van der Waals surface area contributed by atoms with Crippen LogP contribution in [0.3, 0.4) is 0 Å². The summed E-state index contributed by atoms with van der Waals surface area (Å²) in [7, 11) is -1.45. The van der Waals surface area contributed by atoms with E-state index in [1.54, 1.807) is 0 Å². The maximum Gasteiger partial charge on any atom is 0.305 e. The van der Waals surface area contributed by atoms with Crippen molar-refractivity contribution in [3.63, 3.8) is 0 Å². The summed E-state index contributed by atoms with van der Waals surface area (Å²) in [5.74, 6) is -1.35. The minimum Gasteiger partial charge on any atom is -0.497 e. The van der Waals surface area contributed by atoms with Crippen molar-refractivity contribution < 1.29 is 32.2 Å². The number of carboxylic acid groups (broad SMARTS) is 1. The lowest BCUT2D eigenvalue weighted by Gasteiger charge is -2.19. The van der Waals surface area contributed by atoms with Crippen molar-refractivity contribution in [1.29, 1.82) is 0 Å². The predicted octanol–water partition coefficient (Wildman–Crippen LogP) is 2.34. The van der Waals surface area contributed by atoms with E-state index in [0.29, 0.717) is 11.3 Å². The maximum absolute atomic E-state index is 13.1. The number of hydrogen-bond donors (Lipinski definition) is 2. The first-order valence-electron chi connectivity index (χ1n) is 7.48. The van der Waals surface area contributed by atoms with Crippen LogP contribution >= 0.6 is 0 Å². The normalized spacial score (nSPS) is 12.4. The lowest BCUT2D eigenvalue weighted by atomic mass is 10.1. The third-order valence-electron chi connectivity index (χ3n) is 3.61. The highest BCUT2D eigenvalue weighted by molar-refractivity contribution is 7.89. The second-order valence-corrected chi connectivity index (χ2v) is 7.02. The number of carboxylic acids is 1. The quantitative estimate of drug-likeness (QED) is 0.725. The zero-order valence-electron chi connectivity index (χ0n) is 14.1. The van der Waals surface area contributed by atoms with Crippen molar-refractivity contribution in [2.45, 2.75) is 17.4 Å². The Labute approximate surface area is 150 Å². The van der Waals surface area contributed by atoms with Gasteiger partial charge in [-0.3, -0.25) is 4.79 Å². The molecule has 26 heavy (non-hydrogen) atoms. The largest absolute Gasteiger partial charge is 0.497 e. The molecule has 7 nitrogen and oxygen atoms in total. The van der Waals surface area contributed by atoms with Gasteiger partial charge in [0.15, 0.2) is 0 Å². The molecular weight excluding hydrogens is 365 g/mol. The first-order chi connectivity index (χ1) is 12.3. The van der Waals surface area contributed by atoms with Crippen molar-refractivity contribution in [3.8, 4) is 11.5 Å². The summed E-state index contributed by atoms with van der Waals surface area (Å²) in [5.41, 5.74) is 0.319. The highest BCUT2D eigenvalue weighted by Crippen LogP contribution is 2.30. The Morgan fingerprint density at radius 3 is 2.35 bits per heavy atom. The second kappa shape index (κ2) is 8.15. The number of ether oxygens (including phenoxy) is 2. The number of methoxy groups -OCH3 is 2. The molecule has 2 rings (SSSR count). The zero-order valence-corrected chi connectivity index (χ0v) is 14.9. The van der Waals surface area contributed by atoms with Gasteiger partial charge < -0.3 is 14.6 Å². The monoisotopic (exact) mass is 383 g/mol.